The molecule has 2 heterocycles. The summed E-state index contributed by atoms with van der Waals surface area (Å²) in [5.41, 5.74) is 4.35. The van der Waals surface area contributed by atoms with Crippen LogP contribution in [0.4, 0.5) is 0 Å². The smallest absolute Gasteiger partial charge is 0.134 e. The van der Waals surface area contributed by atoms with Crippen LogP contribution in [-0.2, 0) is 0 Å². The summed E-state index contributed by atoms with van der Waals surface area (Å²) in [6.45, 7) is 4.04. The Morgan fingerprint density at radius 3 is 1.50 bits per heavy atom. The fourth-order valence-corrected chi connectivity index (χ4v) is 2.06. The standard InChI is InChI=1S/C16H14O2/c1-11-7-15(17-9-11)13-5-3-4-6-14(13)16-8-12(2)10-18-16/h3-10H,1-2H3. The maximum atomic E-state index is 5.58. The summed E-state index contributed by atoms with van der Waals surface area (Å²) in [6, 6.07) is 12.2. The Hall–Kier alpha value is -2.22. The van der Waals surface area contributed by atoms with Crippen LogP contribution >= 0.6 is 0 Å². The number of hydrogen-bond acceptors (Lipinski definition) is 2. The Bertz CT molecular complexity index is 614. The maximum absolute atomic E-state index is 5.58. The van der Waals surface area contributed by atoms with Gasteiger partial charge in [-0.3, -0.25) is 0 Å². The van der Waals surface area contributed by atoms with Crippen molar-refractivity contribution in [2.75, 3.05) is 0 Å². The van der Waals surface area contributed by atoms with Crippen LogP contribution in [0.25, 0.3) is 22.6 Å². The average molecular weight is 238 g/mol. The molecule has 18 heavy (non-hydrogen) atoms. The van der Waals surface area contributed by atoms with Gasteiger partial charge in [0.25, 0.3) is 0 Å². The first-order valence-corrected chi connectivity index (χ1v) is 5.94. The highest BCUT2D eigenvalue weighted by Crippen LogP contribution is 2.33. The number of aryl methyl sites for hydroxylation is 2. The molecule has 2 aromatic heterocycles. The first kappa shape index (κ1) is 10.9. The van der Waals surface area contributed by atoms with Crippen LogP contribution in [0.15, 0.2) is 57.8 Å². The van der Waals surface area contributed by atoms with Gasteiger partial charge in [0.05, 0.1) is 12.5 Å². The Morgan fingerprint density at radius 1 is 0.722 bits per heavy atom. The van der Waals surface area contributed by atoms with Crippen molar-refractivity contribution in [3.63, 3.8) is 0 Å². The monoisotopic (exact) mass is 238 g/mol. The van der Waals surface area contributed by atoms with Gasteiger partial charge in [0.1, 0.15) is 11.5 Å². The van der Waals surface area contributed by atoms with E-state index in [1.54, 1.807) is 12.5 Å². The van der Waals surface area contributed by atoms with E-state index in [0.717, 1.165) is 33.8 Å². The Balaban J connectivity index is 2.16. The van der Waals surface area contributed by atoms with Crippen LogP contribution in [0.3, 0.4) is 0 Å². The van der Waals surface area contributed by atoms with Crippen molar-refractivity contribution in [1.82, 2.24) is 0 Å². The van der Waals surface area contributed by atoms with Crippen molar-refractivity contribution < 1.29 is 8.83 Å². The molecular formula is C16H14O2. The van der Waals surface area contributed by atoms with Crippen LogP contribution in [-0.4, -0.2) is 0 Å². The quantitative estimate of drug-likeness (QED) is 0.639. The zero-order valence-corrected chi connectivity index (χ0v) is 10.4. The molecule has 0 spiro atoms. The number of hydrogen-bond donors (Lipinski definition) is 0. The molecular weight excluding hydrogens is 224 g/mol. The lowest BCUT2D eigenvalue weighted by molar-refractivity contribution is 0.574. The molecule has 0 fully saturated rings. The molecule has 0 aliphatic heterocycles. The Morgan fingerprint density at radius 2 is 1.17 bits per heavy atom. The molecule has 0 unspecified atom stereocenters. The van der Waals surface area contributed by atoms with Crippen molar-refractivity contribution in [1.29, 1.82) is 0 Å². The minimum Gasteiger partial charge on any atom is -0.464 e. The predicted molar refractivity (Wildman–Crippen MR) is 71.3 cm³/mol. The van der Waals surface area contributed by atoms with Gasteiger partial charge in [0.15, 0.2) is 0 Å². The van der Waals surface area contributed by atoms with E-state index < -0.39 is 0 Å². The molecule has 0 amide bonds. The fraction of sp³-hybridized carbons (Fsp3) is 0.125. The average Bonchev–Trinajstić information content (AvgIpc) is 2.98. The normalized spacial score (nSPS) is 10.8. The third-order valence-electron chi connectivity index (χ3n) is 2.92. The third-order valence-corrected chi connectivity index (χ3v) is 2.92. The Kier molecular flexibility index (Phi) is 2.56. The molecule has 0 saturated heterocycles. The van der Waals surface area contributed by atoms with Gasteiger partial charge < -0.3 is 8.83 Å². The first-order valence-electron chi connectivity index (χ1n) is 5.94. The second kappa shape index (κ2) is 4.22. The van der Waals surface area contributed by atoms with E-state index in [1.807, 2.05) is 50.2 Å². The van der Waals surface area contributed by atoms with Gasteiger partial charge >= 0.3 is 0 Å². The molecule has 0 N–H and O–H groups in total. The van der Waals surface area contributed by atoms with Gasteiger partial charge in [0.2, 0.25) is 0 Å². The van der Waals surface area contributed by atoms with E-state index >= 15 is 0 Å². The highest BCUT2D eigenvalue weighted by molar-refractivity contribution is 5.79. The van der Waals surface area contributed by atoms with Crippen molar-refractivity contribution in [3.05, 3.63) is 60.1 Å². The van der Waals surface area contributed by atoms with Crippen LogP contribution in [0.5, 0.6) is 0 Å². The number of furan rings is 2. The van der Waals surface area contributed by atoms with Gasteiger partial charge in [-0.25, -0.2) is 0 Å². The molecule has 2 heteroatoms. The number of rotatable bonds is 2. The minimum atomic E-state index is 0.872. The molecule has 3 aromatic rings. The van der Waals surface area contributed by atoms with E-state index in [-0.39, 0.29) is 0 Å². The maximum Gasteiger partial charge on any atom is 0.134 e. The van der Waals surface area contributed by atoms with Crippen molar-refractivity contribution in [2.45, 2.75) is 13.8 Å². The minimum absolute atomic E-state index is 0.872. The van der Waals surface area contributed by atoms with Crippen LogP contribution in [0, 0.1) is 13.8 Å². The van der Waals surface area contributed by atoms with Crippen molar-refractivity contribution in [3.8, 4) is 22.6 Å². The fourth-order valence-electron chi connectivity index (χ4n) is 2.06. The van der Waals surface area contributed by atoms with E-state index in [2.05, 4.69) is 0 Å². The van der Waals surface area contributed by atoms with Crippen LogP contribution in [0.2, 0.25) is 0 Å². The number of benzene rings is 1. The van der Waals surface area contributed by atoms with Crippen molar-refractivity contribution in [2.24, 2.45) is 0 Å². The van der Waals surface area contributed by atoms with E-state index in [1.165, 1.54) is 0 Å². The van der Waals surface area contributed by atoms with Crippen molar-refractivity contribution >= 4 is 0 Å². The second-order valence-electron chi connectivity index (χ2n) is 4.52. The largest absolute Gasteiger partial charge is 0.464 e. The van der Waals surface area contributed by atoms with Gasteiger partial charge in [-0.2, -0.15) is 0 Å². The Labute approximate surface area is 106 Å². The van der Waals surface area contributed by atoms with Gasteiger partial charge in [-0.15, -0.1) is 0 Å². The molecule has 0 radical (unpaired) electrons. The molecule has 1 aromatic carbocycles. The lowest BCUT2D eigenvalue weighted by Gasteiger charge is -2.03. The SMILES string of the molecule is Cc1coc(-c2ccccc2-c2cc(C)co2)c1. The lowest BCUT2D eigenvalue weighted by Crippen LogP contribution is -1.80. The van der Waals surface area contributed by atoms with E-state index in [0.29, 0.717) is 0 Å². The molecule has 0 atom stereocenters. The van der Waals surface area contributed by atoms with Crippen LogP contribution < -0.4 is 0 Å². The van der Waals surface area contributed by atoms with E-state index in [9.17, 15) is 0 Å². The lowest BCUT2D eigenvalue weighted by atomic mass is 10.0. The van der Waals surface area contributed by atoms with Gasteiger partial charge in [-0.1, -0.05) is 24.3 Å². The molecule has 0 aliphatic rings. The highest BCUT2D eigenvalue weighted by atomic mass is 16.3. The zero-order chi connectivity index (χ0) is 12.5. The summed E-state index contributed by atoms with van der Waals surface area (Å²) in [4.78, 5) is 0. The predicted octanol–water partition coefficient (Wildman–Crippen LogP) is 4.82. The molecule has 2 nitrogen and oxygen atoms in total. The summed E-state index contributed by atoms with van der Waals surface area (Å²) in [7, 11) is 0. The molecule has 0 aliphatic carbocycles. The summed E-state index contributed by atoms with van der Waals surface area (Å²) < 4.78 is 11.2. The first-order chi connectivity index (χ1) is 8.74. The highest BCUT2D eigenvalue weighted by Gasteiger charge is 2.12. The summed E-state index contributed by atoms with van der Waals surface area (Å²) >= 11 is 0. The summed E-state index contributed by atoms with van der Waals surface area (Å²) in [5, 5.41) is 0. The van der Waals surface area contributed by atoms with Gasteiger partial charge in [0, 0.05) is 11.1 Å². The second-order valence-corrected chi connectivity index (χ2v) is 4.52. The molecule has 3 rings (SSSR count). The van der Waals surface area contributed by atoms with Crippen LogP contribution in [0.1, 0.15) is 11.1 Å². The topological polar surface area (TPSA) is 26.3 Å². The molecule has 0 bridgehead atoms. The molecule has 0 saturated carbocycles. The summed E-state index contributed by atoms with van der Waals surface area (Å²) in [6.07, 6.45) is 3.53. The van der Waals surface area contributed by atoms with Gasteiger partial charge in [-0.05, 0) is 37.1 Å². The zero-order valence-electron chi connectivity index (χ0n) is 10.4. The third kappa shape index (κ3) is 1.86. The summed E-state index contributed by atoms with van der Waals surface area (Å²) in [5.74, 6) is 1.74. The molecule has 90 valence electrons. The van der Waals surface area contributed by atoms with E-state index in [4.69, 9.17) is 8.83 Å².